The van der Waals surface area contributed by atoms with E-state index in [1.165, 1.54) is 17.7 Å². The first-order valence-corrected chi connectivity index (χ1v) is 8.77. The van der Waals surface area contributed by atoms with Gasteiger partial charge in [0.15, 0.2) is 0 Å². The minimum absolute atomic E-state index is 0.211. The zero-order chi connectivity index (χ0) is 14.7. The molecule has 1 aromatic rings. The van der Waals surface area contributed by atoms with E-state index in [4.69, 9.17) is 11.6 Å². The second kappa shape index (κ2) is 6.93. The van der Waals surface area contributed by atoms with E-state index < -0.39 is 0 Å². The van der Waals surface area contributed by atoms with Crippen molar-refractivity contribution < 1.29 is 0 Å². The normalized spacial score (nSPS) is 13.0. The van der Waals surface area contributed by atoms with Gasteiger partial charge < -0.3 is 5.32 Å². The van der Waals surface area contributed by atoms with Gasteiger partial charge in [0.25, 0.3) is 0 Å². The highest BCUT2D eigenvalue weighted by Gasteiger charge is 2.19. The average Bonchev–Trinajstić information content (AvgIpc) is 2.54. The predicted octanol–water partition coefficient (Wildman–Crippen LogP) is 5.90. The Bertz CT molecular complexity index is 387. The largest absolute Gasteiger partial charge is 0.312 e. The van der Waals surface area contributed by atoms with Crippen molar-refractivity contribution >= 4 is 38.9 Å². The van der Waals surface area contributed by atoms with E-state index in [1.807, 2.05) is 0 Å². The van der Waals surface area contributed by atoms with Gasteiger partial charge in [-0.05, 0) is 74.0 Å². The van der Waals surface area contributed by atoms with Crippen molar-refractivity contribution in [1.29, 1.82) is 0 Å². The summed E-state index contributed by atoms with van der Waals surface area (Å²) in [5.41, 5.74) is 0.573. The average molecular weight is 367 g/mol. The number of thiophene rings is 1. The van der Waals surface area contributed by atoms with Crippen molar-refractivity contribution in [1.82, 2.24) is 5.32 Å². The van der Waals surface area contributed by atoms with Gasteiger partial charge in [-0.1, -0.05) is 25.4 Å². The van der Waals surface area contributed by atoms with E-state index in [9.17, 15) is 0 Å². The third kappa shape index (κ3) is 7.12. The summed E-state index contributed by atoms with van der Waals surface area (Å²) in [6.07, 6.45) is 3.51. The van der Waals surface area contributed by atoms with Crippen LogP contribution in [0, 0.1) is 5.41 Å². The van der Waals surface area contributed by atoms with Crippen molar-refractivity contribution in [2.24, 2.45) is 5.41 Å². The van der Waals surface area contributed by atoms with Crippen LogP contribution in [0.4, 0.5) is 0 Å². The van der Waals surface area contributed by atoms with E-state index in [2.05, 4.69) is 61.9 Å². The SMILES string of the molecule is CC(C)(CCNC(C)(C)C)CCc1cc(Cl)c(Br)s1. The quantitative estimate of drug-likeness (QED) is 0.660. The Morgan fingerprint density at radius 3 is 2.32 bits per heavy atom. The van der Waals surface area contributed by atoms with E-state index in [-0.39, 0.29) is 5.54 Å². The van der Waals surface area contributed by atoms with Crippen LogP contribution in [-0.2, 0) is 6.42 Å². The molecule has 0 aliphatic heterocycles. The Kier molecular flexibility index (Phi) is 6.37. The van der Waals surface area contributed by atoms with Gasteiger partial charge in [0, 0.05) is 10.4 Å². The fourth-order valence-electron chi connectivity index (χ4n) is 1.88. The Balaban J connectivity index is 2.38. The van der Waals surface area contributed by atoms with Crippen molar-refractivity contribution in [2.75, 3.05) is 6.54 Å². The van der Waals surface area contributed by atoms with Gasteiger partial charge in [-0.15, -0.1) is 11.3 Å². The lowest BCUT2D eigenvalue weighted by Gasteiger charge is -2.28. The lowest BCUT2D eigenvalue weighted by Crippen LogP contribution is -2.38. The van der Waals surface area contributed by atoms with E-state index in [1.54, 1.807) is 11.3 Å². The lowest BCUT2D eigenvalue weighted by atomic mass is 9.84. The lowest BCUT2D eigenvalue weighted by molar-refractivity contribution is 0.285. The van der Waals surface area contributed by atoms with Gasteiger partial charge >= 0.3 is 0 Å². The van der Waals surface area contributed by atoms with Crippen LogP contribution >= 0.6 is 38.9 Å². The first kappa shape index (κ1) is 17.5. The van der Waals surface area contributed by atoms with Crippen LogP contribution in [0.25, 0.3) is 0 Å². The van der Waals surface area contributed by atoms with E-state index >= 15 is 0 Å². The van der Waals surface area contributed by atoms with Gasteiger partial charge in [0.1, 0.15) is 0 Å². The molecule has 0 unspecified atom stereocenters. The first-order chi connectivity index (χ1) is 8.59. The molecule has 0 spiro atoms. The van der Waals surface area contributed by atoms with Gasteiger partial charge in [-0.25, -0.2) is 0 Å². The minimum atomic E-state index is 0.211. The molecule has 1 aromatic heterocycles. The molecule has 0 aliphatic rings. The van der Waals surface area contributed by atoms with Gasteiger partial charge in [0.2, 0.25) is 0 Å². The van der Waals surface area contributed by atoms with E-state index in [0.717, 1.165) is 21.8 Å². The Morgan fingerprint density at radius 1 is 1.21 bits per heavy atom. The molecule has 19 heavy (non-hydrogen) atoms. The molecule has 0 aromatic carbocycles. The maximum absolute atomic E-state index is 6.07. The van der Waals surface area contributed by atoms with Crippen LogP contribution in [0.2, 0.25) is 5.02 Å². The van der Waals surface area contributed by atoms with Crippen molar-refractivity contribution in [3.05, 3.63) is 19.8 Å². The summed E-state index contributed by atoms with van der Waals surface area (Å²) in [5, 5.41) is 4.40. The van der Waals surface area contributed by atoms with Crippen LogP contribution in [0.1, 0.15) is 52.3 Å². The monoisotopic (exact) mass is 365 g/mol. The maximum atomic E-state index is 6.07. The van der Waals surface area contributed by atoms with Crippen LogP contribution in [0.5, 0.6) is 0 Å². The molecule has 1 heterocycles. The highest BCUT2D eigenvalue weighted by Crippen LogP contribution is 2.35. The number of hydrogen-bond acceptors (Lipinski definition) is 2. The van der Waals surface area contributed by atoms with Crippen LogP contribution in [0.15, 0.2) is 9.85 Å². The minimum Gasteiger partial charge on any atom is -0.312 e. The molecule has 0 aliphatic carbocycles. The fourth-order valence-corrected chi connectivity index (χ4v) is 3.69. The highest BCUT2D eigenvalue weighted by atomic mass is 79.9. The van der Waals surface area contributed by atoms with Crippen molar-refractivity contribution in [2.45, 2.75) is 59.4 Å². The molecule has 1 nitrogen and oxygen atoms in total. The number of halogens is 2. The number of hydrogen-bond donors (Lipinski definition) is 1. The molecule has 0 saturated heterocycles. The molecule has 110 valence electrons. The molecule has 1 N–H and O–H groups in total. The Labute approximate surface area is 135 Å². The van der Waals surface area contributed by atoms with Gasteiger partial charge in [0.05, 0.1) is 8.81 Å². The van der Waals surface area contributed by atoms with Crippen LogP contribution < -0.4 is 5.32 Å². The third-order valence-corrected chi connectivity index (χ3v) is 5.74. The molecule has 0 atom stereocenters. The molecule has 4 heteroatoms. The van der Waals surface area contributed by atoms with Crippen LogP contribution in [0.3, 0.4) is 0 Å². The maximum Gasteiger partial charge on any atom is 0.0887 e. The van der Waals surface area contributed by atoms with Crippen LogP contribution in [-0.4, -0.2) is 12.1 Å². The Morgan fingerprint density at radius 2 is 1.84 bits per heavy atom. The molecule has 0 bridgehead atoms. The standard InChI is InChI=1S/C15H25BrClNS/c1-14(2,3)18-9-8-15(4,5)7-6-11-10-12(17)13(16)19-11/h10,18H,6-9H2,1-5H3. The summed E-state index contributed by atoms with van der Waals surface area (Å²) in [5.74, 6) is 0. The number of rotatable bonds is 6. The van der Waals surface area contributed by atoms with E-state index in [0.29, 0.717) is 5.41 Å². The second-order valence-corrected chi connectivity index (χ2v) is 9.79. The summed E-state index contributed by atoms with van der Waals surface area (Å²) in [4.78, 5) is 1.37. The molecule has 0 radical (unpaired) electrons. The first-order valence-electron chi connectivity index (χ1n) is 6.78. The molecule has 0 fully saturated rings. The van der Waals surface area contributed by atoms with Gasteiger partial charge in [-0.3, -0.25) is 0 Å². The topological polar surface area (TPSA) is 12.0 Å². The highest BCUT2D eigenvalue weighted by molar-refractivity contribution is 9.11. The molecule has 1 rings (SSSR count). The summed E-state index contributed by atoms with van der Waals surface area (Å²) in [6, 6.07) is 2.08. The fraction of sp³-hybridized carbons (Fsp3) is 0.733. The summed E-state index contributed by atoms with van der Waals surface area (Å²) < 4.78 is 1.05. The third-order valence-electron chi connectivity index (χ3n) is 3.20. The Hall–Kier alpha value is 0.430. The molecule has 0 amide bonds. The molecular formula is C15H25BrClNS. The number of nitrogens with one attached hydrogen (secondary N) is 1. The summed E-state index contributed by atoms with van der Waals surface area (Å²) >= 11 is 11.3. The van der Waals surface area contributed by atoms with Crippen molar-refractivity contribution in [3.8, 4) is 0 Å². The van der Waals surface area contributed by atoms with Crippen molar-refractivity contribution in [3.63, 3.8) is 0 Å². The predicted molar refractivity (Wildman–Crippen MR) is 91.5 cm³/mol. The van der Waals surface area contributed by atoms with Gasteiger partial charge in [-0.2, -0.15) is 0 Å². The second-order valence-electron chi connectivity index (χ2n) is 6.93. The number of aryl methyl sites for hydroxylation is 1. The summed E-state index contributed by atoms with van der Waals surface area (Å²) in [6.45, 7) is 12.4. The zero-order valence-electron chi connectivity index (χ0n) is 12.6. The summed E-state index contributed by atoms with van der Waals surface area (Å²) in [7, 11) is 0. The zero-order valence-corrected chi connectivity index (χ0v) is 15.7. The smallest absolute Gasteiger partial charge is 0.0887 e. The molecule has 0 saturated carbocycles. The molecular weight excluding hydrogens is 342 g/mol.